The second kappa shape index (κ2) is 7.39. The van der Waals surface area contributed by atoms with Crippen molar-refractivity contribution in [3.8, 4) is 5.75 Å². The average molecular weight is 365 g/mol. The van der Waals surface area contributed by atoms with E-state index in [1.807, 2.05) is 23.4 Å². The zero-order valence-electron chi connectivity index (χ0n) is 15.4. The molecule has 1 N–H and O–H groups in total. The quantitative estimate of drug-likeness (QED) is 0.908. The predicted molar refractivity (Wildman–Crippen MR) is 102 cm³/mol. The summed E-state index contributed by atoms with van der Waals surface area (Å²) >= 11 is 0. The molecule has 2 aromatic rings. The van der Waals surface area contributed by atoms with E-state index < -0.39 is 5.92 Å². The maximum absolute atomic E-state index is 13.2. The molecule has 1 aromatic carbocycles. The van der Waals surface area contributed by atoms with E-state index in [0.717, 1.165) is 18.4 Å². The number of nitrogens with zero attached hydrogens (tertiary/aromatic N) is 2. The molecule has 0 aliphatic carbocycles. The van der Waals surface area contributed by atoms with Crippen molar-refractivity contribution in [3.63, 3.8) is 0 Å². The van der Waals surface area contributed by atoms with Crippen LogP contribution in [0.3, 0.4) is 0 Å². The number of aromatic nitrogens is 1. The van der Waals surface area contributed by atoms with E-state index in [1.54, 1.807) is 19.2 Å². The molecule has 2 aliphatic heterocycles. The number of carbonyl (C=O) groups excluding carboxylic acids is 2. The van der Waals surface area contributed by atoms with Crippen LogP contribution in [0.2, 0.25) is 0 Å². The number of pyridine rings is 1. The summed E-state index contributed by atoms with van der Waals surface area (Å²) in [7, 11) is 1.60. The monoisotopic (exact) mass is 365 g/mol. The highest BCUT2D eigenvalue weighted by Crippen LogP contribution is 2.37. The van der Waals surface area contributed by atoms with Crippen molar-refractivity contribution in [1.82, 2.24) is 9.88 Å². The standard InChI is InChI=1S/C21H23N3O3/c1-27-16-2-3-19-17(12-16)18(13-20(25)23-19)21(26)24-10-6-15(7-11-24)14-4-8-22-9-5-14/h2-5,8-9,12,15,18H,6-7,10-11,13H2,1H3,(H,23,25)/t18-/m0/s1. The maximum atomic E-state index is 13.2. The molecule has 6 nitrogen and oxygen atoms in total. The van der Waals surface area contributed by atoms with Crippen molar-refractivity contribution < 1.29 is 14.3 Å². The minimum atomic E-state index is -0.443. The zero-order chi connectivity index (χ0) is 18.8. The number of carbonyl (C=O) groups is 2. The Hall–Kier alpha value is -2.89. The summed E-state index contributed by atoms with van der Waals surface area (Å²) in [6, 6.07) is 9.57. The molecule has 3 heterocycles. The lowest BCUT2D eigenvalue weighted by atomic mass is 9.86. The molecule has 0 radical (unpaired) electrons. The minimum Gasteiger partial charge on any atom is -0.497 e. The Morgan fingerprint density at radius 1 is 1.19 bits per heavy atom. The second-order valence-electron chi connectivity index (χ2n) is 7.14. The van der Waals surface area contributed by atoms with Gasteiger partial charge in [0, 0.05) is 37.6 Å². The molecule has 1 fully saturated rings. The number of fused-ring (bicyclic) bond motifs is 1. The number of hydrogen-bond acceptors (Lipinski definition) is 4. The average Bonchev–Trinajstić information content (AvgIpc) is 2.73. The van der Waals surface area contributed by atoms with Crippen LogP contribution >= 0.6 is 0 Å². The van der Waals surface area contributed by atoms with E-state index in [0.29, 0.717) is 30.4 Å². The highest BCUT2D eigenvalue weighted by molar-refractivity contribution is 6.01. The molecule has 1 aromatic heterocycles. The molecule has 6 heteroatoms. The van der Waals surface area contributed by atoms with E-state index >= 15 is 0 Å². The summed E-state index contributed by atoms with van der Waals surface area (Å²) in [5, 5.41) is 2.86. The molecule has 0 unspecified atom stereocenters. The van der Waals surface area contributed by atoms with E-state index in [9.17, 15) is 9.59 Å². The Kier molecular flexibility index (Phi) is 4.79. The number of methoxy groups -OCH3 is 1. The number of nitrogens with one attached hydrogen (secondary N) is 1. The fourth-order valence-electron chi connectivity index (χ4n) is 4.08. The van der Waals surface area contributed by atoms with Crippen LogP contribution in [0.5, 0.6) is 5.75 Å². The Bertz CT molecular complexity index is 845. The number of rotatable bonds is 3. The maximum Gasteiger partial charge on any atom is 0.230 e. The summed E-state index contributed by atoms with van der Waals surface area (Å²) < 4.78 is 5.30. The summed E-state index contributed by atoms with van der Waals surface area (Å²) in [5.74, 6) is 0.629. The van der Waals surface area contributed by atoms with Crippen molar-refractivity contribution in [3.05, 3.63) is 53.9 Å². The van der Waals surface area contributed by atoms with Crippen LogP contribution in [0.25, 0.3) is 0 Å². The highest BCUT2D eigenvalue weighted by Gasteiger charge is 2.35. The highest BCUT2D eigenvalue weighted by atomic mass is 16.5. The van der Waals surface area contributed by atoms with Gasteiger partial charge in [-0.15, -0.1) is 0 Å². The lowest BCUT2D eigenvalue weighted by Crippen LogP contribution is -2.42. The minimum absolute atomic E-state index is 0.0348. The fourth-order valence-corrected chi connectivity index (χ4v) is 4.08. The topological polar surface area (TPSA) is 71.5 Å². The molecule has 0 spiro atoms. The van der Waals surface area contributed by atoms with E-state index in [1.165, 1.54) is 5.56 Å². The number of hydrogen-bond donors (Lipinski definition) is 1. The number of ether oxygens (including phenoxy) is 1. The first-order chi connectivity index (χ1) is 13.2. The Balaban J connectivity index is 1.50. The summed E-state index contributed by atoms with van der Waals surface area (Å²) in [5.41, 5.74) is 2.83. The lowest BCUT2D eigenvalue weighted by molar-refractivity contribution is -0.135. The largest absolute Gasteiger partial charge is 0.497 e. The normalized spacial score (nSPS) is 20.0. The number of amides is 2. The molecular formula is C21H23N3O3. The fraction of sp³-hybridized carbons (Fsp3) is 0.381. The second-order valence-corrected chi connectivity index (χ2v) is 7.14. The Morgan fingerprint density at radius 3 is 2.63 bits per heavy atom. The van der Waals surface area contributed by atoms with Crippen LogP contribution in [0.15, 0.2) is 42.7 Å². The molecule has 0 saturated carbocycles. The van der Waals surface area contributed by atoms with Crippen LogP contribution in [-0.4, -0.2) is 41.9 Å². The van der Waals surface area contributed by atoms with Gasteiger partial charge in [0.1, 0.15) is 5.75 Å². The van der Waals surface area contributed by atoms with Gasteiger partial charge in [-0.1, -0.05) is 0 Å². The molecule has 2 aliphatic rings. The van der Waals surface area contributed by atoms with E-state index in [4.69, 9.17) is 4.74 Å². The summed E-state index contributed by atoms with van der Waals surface area (Å²) in [6.45, 7) is 1.42. The molecule has 27 heavy (non-hydrogen) atoms. The third-order valence-electron chi connectivity index (χ3n) is 5.58. The lowest BCUT2D eigenvalue weighted by Gasteiger charge is -2.36. The van der Waals surface area contributed by atoms with Crippen LogP contribution in [0, 0.1) is 0 Å². The van der Waals surface area contributed by atoms with E-state index in [-0.39, 0.29) is 18.2 Å². The Labute approximate surface area is 158 Å². The smallest absolute Gasteiger partial charge is 0.230 e. The molecule has 4 rings (SSSR count). The van der Waals surface area contributed by atoms with Gasteiger partial charge in [0.05, 0.1) is 13.0 Å². The first kappa shape index (κ1) is 17.5. The van der Waals surface area contributed by atoms with Gasteiger partial charge in [-0.2, -0.15) is 0 Å². The summed E-state index contributed by atoms with van der Waals surface area (Å²) in [6.07, 6.45) is 5.68. The van der Waals surface area contributed by atoms with Crippen molar-refractivity contribution >= 4 is 17.5 Å². The van der Waals surface area contributed by atoms with Gasteiger partial charge in [0.25, 0.3) is 0 Å². The number of piperidine rings is 1. The Morgan fingerprint density at radius 2 is 1.93 bits per heavy atom. The summed E-state index contributed by atoms with van der Waals surface area (Å²) in [4.78, 5) is 31.3. The zero-order valence-corrected chi connectivity index (χ0v) is 15.4. The van der Waals surface area contributed by atoms with Gasteiger partial charge < -0.3 is 15.0 Å². The molecule has 1 saturated heterocycles. The van der Waals surface area contributed by atoms with Gasteiger partial charge in [0.2, 0.25) is 11.8 Å². The van der Waals surface area contributed by atoms with Crippen molar-refractivity contribution in [2.24, 2.45) is 0 Å². The number of anilines is 1. The third-order valence-corrected chi connectivity index (χ3v) is 5.58. The van der Waals surface area contributed by atoms with Gasteiger partial charge in [0.15, 0.2) is 0 Å². The van der Waals surface area contributed by atoms with Crippen LogP contribution in [0.1, 0.15) is 42.2 Å². The van der Waals surface area contributed by atoms with Gasteiger partial charge in [-0.3, -0.25) is 14.6 Å². The predicted octanol–water partition coefficient (Wildman–Crippen LogP) is 2.92. The van der Waals surface area contributed by atoms with Crippen molar-refractivity contribution in [2.45, 2.75) is 31.1 Å². The first-order valence-electron chi connectivity index (χ1n) is 9.32. The van der Waals surface area contributed by atoms with Gasteiger partial charge in [-0.25, -0.2) is 0 Å². The van der Waals surface area contributed by atoms with Crippen molar-refractivity contribution in [2.75, 3.05) is 25.5 Å². The van der Waals surface area contributed by atoms with Gasteiger partial charge in [-0.05, 0) is 60.2 Å². The molecule has 2 amide bonds. The van der Waals surface area contributed by atoms with Gasteiger partial charge >= 0.3 is 0 Å². The van der Waals surface area contributed by atoms with Crippen LogP contribution in [0.4, 0.5) is 5.69 Å². The molecule has 140 valence electrons. The number of likely N-dealkylation sites (tertiary alicyclic amines) is 1. The molecule has 1 atom stereocenters. The van der Waals surface area contributed by atoms with E-state index in [2.05, 4.69) is 22.4 Å². The number of benzene rings is 1. The third kappa shape index (κ3) is 3.52. The van der Waals surface area contributed by atoms with Crippen LogP contribution in [-0.2, 0) is 9.59 Å². The van der Waals surface area contributed by atoms with Crippen molar-refractivity contribution in [1.29, 1.82) is 0 Å². The molecular weight excluding hydrogens is 342 g/mol. The molecule has 0 bridgehead atoms. The first-order valence-corrected chi connectivity index (χ1v) is 9.32. The van der Waals surface area contributed by atoms with Crippen LogP contribution < -0.4 is 10.1 Å². The SMILES string of the molecule is COc1ccc2c(c1)[C@@H](C(=O)N1CCC(c3ccncc3)CC1)CC(=O)N2.